The Labute approximate surface area is 177 Å². The van der Waals surface area contributed by atoms with Gasteiger partial charge in [-0.05, 0) is 43.4 Å². The van der Waals surface area contributed by atoms with Crippen molar-refractivity contribution < 1.29 is 9.47 Å². The first-order valence-electron chi connectivity index (χ1n) is 11.3. The summed E-state index contributed by atoms with van der Waals surface area (Å²) in [5, 5.41) is 1.41. The van der Waals surface area contributed by atoms with Crippen LogP contribution < -0.4 is 4.74 Å². The summed E-state index contributed by atoms with van der Waals surface area (Å²) in [5.41, 5.74) is 4.34. The lowest BCUT2D eigenvalue weighted by Crippen LogP contribution is -2.58. The third-order valence-electron chi connectivity index (χ3n) is 7.46. The Kier molecular flexibility index (Phi) is 4.54. The molecule has 6 rings (SSSR count). The molecule has 30 heavy (non-hydrogen) atoms. The molecule has 0 spiro atoms. The Morgan fingerprint density at radius 2 is 1.87 bits per heavy atom. The molecule has 0 N–H and O–H groups in total. The summed E-state index contributed by atoms with van der Waals surface area (Å²) in [7, 11) is 2.23. The van der Waals surface area contributed by atoms with Crippen LogP contribution in [0.25, 0.3) is 10.9 Å². The molecular weight excluding hydrogens is 374 g/mol. The van der Waals surface area contributed by atoms with Crippen molar-refractivity contribution in [1.29, 1.82) is 0 Å². The van der Waals surface area contributed by atoms with Crippen LogP contribution in [0.3, 0.4) is 0 Å². The average Bonchev–Trinajstić information content (AvgIpc) is 3.09. The fourth-order valence-corrected chi connectivity index (χ4v) is 6.12. The standard InChI is InChI=1S/C25H29N3O2/c1-27-22-7-3-2-6-19(22)20-14-18-15-21(25(20)27)23(30-24-8-4-5-11-26-24)16-28(18)17-9-12-29-13-10-17/h2-8,11,17-18,21,23H,9-10,12-16H2,1H3/t18-,21+,23-/m0/s1. The zero-order chi connectivity index (χ0) is 20.1. The minimum absolute atomic E-state index is 0.112. The van der Waals surface area contributed by atoms with Gasteiger partial charge in [0.1, 0.15) is 6.10 Å². The van der Waals surface area contributed by atoms with Gasteiger partial charge in [0.15, 0.2) is 0 Å². The molecule has 156 valence electrons. The van der Waals surface area contributed by atoms with Crippen molar-refractivity contribution in [2.75, 3.05) is 19.8 Å². The molecule has 0 radical (unpaired) electrons. The third kappa shape index (κ3) is 2.95. The van der Waals surface area contributed by atoms with Crippen LogP contribution >= 0.6 is 0 Å². The average molecular weight is 404 g/mol. The van der Waals surface area contributed by atoms with Crippen LogP contribution in [-0.4, -0.2) is 52.4 Å². The summed E-state index contributed by atoms with van der Waals surface area (Å²) in [6, 6.07) is 16.0. The van der Waals surface area contributed by atoms with E-state index in [0.29, 0.717) is 18.0 Å². The van der Waals surface area contributed by atoms with Crippen molar-refractivity contribution in [2.24, 2.45) is 7.05 Å². The topological polar surface area (TPSA) is 39.5 Å². The monoisotopic (exact) mass is 403 g/mol. The molecule has 2 bridgehead atoms. The maximum absolute atomic E-state index is 6.57. The summed E-state index contributed by atoms with van der Waals surface area (Å²) in [4.78, 5) is 7.22. The molecule has 3 aliphatic rings. The van der Waals surface area contributed by atoms with Gasteiger partial charge in [0.2, 0.25) is 5.88 Å². The number of likely N-dealkylation sites (tertiary alicyclic amines) is 1. The number of nitrogens with zero attached hydrogens (tertiary/aromatic N) is 3. The molecule has 5 nitrogen and oxygen atoms in total. The van der Waals surface area contributed by atoms with Gasteiger partial charge in [0.25, 0.3) is 0 Å². The molecule has 3 aromatic rings. The van der Waals surface area contributed by atoms with Gasteiger partial charge in [-0.1, -0.05) is 24.3 Å². The Morgan fingerprint density at radius 1 is 1.03 bits per heavy atom. The molecule has 2 saturated heterocycles. The molecule has 2 aromatic heterocycles. The summed E-state index contributed by atoms with van der Waals surface area (Å²) in [6.07, 6.45) is 6.48. The number of hydrogen-bond donors (Lipinski definition) is 0. The number of pyridine rings is 1. The minimum atomic E-state index is 0.112. The van der Waals surface area contributed by atoms with E-state index >= 15 is 0 Å². The van der Waals surface area contributed by atoms with Gasteiger partial charge in [0, 0.05) is 73.7 Å². The van der Waals surface area contributed by atoms with Gasteiger partial charge in [0.05, 0.1) is 0 Å². The van der Waals surface area contributed by atoms with E-state index in [1.807, 2.05) is 24.4 Å². The smallest absolute Gasteiger partial charge is 0.213 e. The minimum Gasteiger partial charge on any atom is -0.472 e. The van der Waals surface area contributed by atoms with E-state index in [-0.39, 0.29) is 6.10 Å². The molecule has 0 saturated carbocycles. The second-order valence-electron chi connectivity index (χ2n) is 9.00. The van der Waals surface area contributed by atoms with Crippen molar-refractivity contribution in [3.05, 3.63) is 59.9 Å². The molecule has 1 aliphatic carbocycles. The van der Waals surface area contributed by atoms with Crippen LogP contribution in [0.15, 0.2) is 48.7 Å². The van der Waals surface area contributed by atoms with Gasteiger partial charge >= 0.3 is 0 Å². The SMILES string of the molecule is Cn1c2c(c3ccccc31)C[C@H]1C[C@@H]2[C@@H](Oc2ccccn2)CN1C1CCOCC1. The number of fused-ring (bicyclic) bond motifs is 6. The molecule has 4 heterocycles. The van der Waals surface area contributed by atoms with Crippen molar-refractivity contribution in [3.8, 4) is 5.88 Å². The van der Waals surface area contributed by atoms with Crippen LogP contribution in [0.1, 0.15) is 36.4 Å². The molecule has 2 aliphatic heterocycles. The van der Waals surface area contributed by atoms with Gasteiger partial charge in [-0.25, -0.2) is 4.98 Å². The number of hydrogen-bond acceptors (Lipinski definition) is 4. The lowest BCUT2D eigenvalue weighted by molar-refractivity contribution is -0.0387. The number of benzene rings is 1. The van der Waals surface area contributed by atoms with E-state index in [1.165, 1.54) is 22.2 Å². The Bertz CT molecular complexity index is 1040. The van der Waals surface area contributed by atoms with E-state index in [4.69, 9.17) is 9.47 Å². The van der Waals surface area contributed by atoms with Crippen LogP contribution in [0, 0.1) is 0 Å². The number of piperidine rings is 1. The maximum atomic E-state index is 6.57. The summed E-state index contributed by atoms with van der Waals surface area (Å²) < 4.78 is 14.7. The van der Waals surface area contributed by atoms with Crippen LogP contribution in [0.2, 0.25) is 0 Å². The first kappa shape index (κ1) is 18.4. The molecule has 1 aromatic carbocycles. The van der Waals surface area contributed by atoms with Gasteiger partial charge in [-0.3, -0.25) is 4.90 Å². The Morgan fingerprint density at radius 3 is 2.70 bits per heavy atom. The predicted molar refractivity (Wildman–Crippen MR) is 117 cm³/mol. The fourth-order valence-electron chi connectivity index (χ4n) is 6.12. The highest BCUT2D eigenvalue weighted by atomic mass is 16.5. The van der Waals surface area contributed by atoms with Crippen molar-refractivity contribution in [2.45, 2.75) is 49.8 Å². The lowest BCUT2D eigenvalue weighted by atomic mass is 9.75. The highest BCUT2D eigenvalue weighted by Crippen LogP contribution is 2.45. The number of aryl methyl sites for hydroxylation is 1. The second kappa shape index (κ2) is 7.40. The maximum Gasteiger partial charge on any atom is 0.213 e. The predicted octanol–water partition coefficient (Wildman–Crippen LogP) is 3.91. The van der Waals surface area contributed by atoms with E-state index in [9.17, 15) is 0 Å². The Balaban J connectivity index is 1.43. The van der Waals surface area contributed by atoms with Crippen LogP contribution in [-0.2, 0) is 18.2 Å². The molecular formula is C25H29N3O2. The number of aromatic nitrogens is 2. The van der Waals surface area contributed by atoms with Gasteiger partial charge < -0.3 is 14.0 Å². The lowest BCUT2D eigenvalue weighted by Gasteiger charge is -2.50. The molecule has 0 amide bonds. The van der Waals surface area contributed by atoms with E-state index < -0.39 is 0 Å². The molecule has 5 heteroatoms. The fraction of sp³-hybridized carbons (Fsp3) is 0.480. The van der Waals surface area contributed by atoms with E-state index in [1.54, 1.807) is 0 Å². The van der Waals surface area contributed by atoms with Gasteiger partial charge in [-0.15, -0.1) is 0 Å². The molecule has 0 unspecified atom stereocenters. The quantitative estimate of drug-likeness (QED) is 0.665. The third-order valence-corrected chi connectivity index (χ3v) is 7.46. The van der Waals surface area contributed by atoms with Crippen molar-refractivity contribution >= 4 is 10.9 Å². The van der Waals surface area contributed by atoms with Crippen LogP contribution in [0.4, 0.5) is 0 Å². The second-order valence-corrected chi connectivity index (χ2v) is 9.00. The largest absolute Gasteiger partial charge is 0.472 e. The summed E-state index contributed by atoms with van der Waals surface area (Å²) in [5.74, 6) is 1.13. The summed E-state index contributed by atoms with van der Waals surface area (Å²) >= 11 is 0. The van der Waals surface area contributed by atoms with Crippen LogP contribution in [0.5, 0.6) is 5.88 Å². The molecule has 2 fully saturated rings. The summed E-state index contributed by atoms with van der Waals surface area (Å²) in [6.45, 7) is 2.72. The van der Waals surface area contributed by atoms with Crippen molar-refractivity contribution in [3.63, 3.8) is 0 Å². The highest BCUT2D eigenvalue weighted by molar-refractivity contribution is 5.86. The number of rotatable bonds is 3. The van der Waals surface area contributed by atoms with E-state index in [0.717, 1.165) is 51.3 Å². The number of para-hydroxylation sites is 1. The Hall–Kier alpha value is -2.37. The molecule has 3 atom stereocenters. The van der Waals surface area contributed by atoms with Crippen molar-refractivity contribution in [1.82, 2.24) is 14.5 Å². The number of ether oxygens (including phenoxy) is 2. The first-order valence-corrected chi connectivity index (χ1v) is 11.3. The van der Waals surface area contributed by atoms with Gasteiger partial charge in [-0.2, -0.15) is 0 Å². The van der Waals surface area contributed by atoms with E-state index in [2.05, 4.69) is 45.8 Å². The normalized spacial score (nSPS) is 27.2. The first-order chi connectivity index (χ1) is 14.8. The highest BCUT2D eigenvalue weighted by Gasteiger charge is 2.46. The zero-order valence-electron chi connectivity index (χ0n) is 17.5. The zero-order valence-corrected chi connectivity index (χ0v) is 17.5.